The number of methoxy groups -OCH3 is 1. The predicted octanol–water partition coefficient (Wildman–Crippen LogP) is 3.67. The lowest BCUT2D eigenvalue weighted by molar-refractivity contribution is -0.116. The molecular weight excluding hydrogens is 354 g/mol. The smallest absolute Gasteiger partial charge is 0.226 e. The van der Waals surface area contributed by atoms with E-state index in [1.807, 2.05) is 46.0 Å². The molecule has 28 heavy (non-hydrogen) atoms. The number of anilines is 1. The van der Waals surface area contributed by atoms with E-state index in [2.05, 4.69) is 15.5 Å². The first-order chi connectivity index (χ1) is 13.7. The number of hydrogen-bond acceptors (Lipinski definition) is 4. The summed E-state index contributed by atoms with van der Waals surface area (Å²) in [6.45, 7) is 0. The molecule has 1 aromatic carbocycles. The van der Waals surface area contributed by atoms with E-state index in [0.29, 0.717) is 12.5 Å². The number of amides is 1. The molecular formula is C21H23N5O2. The molecule has 0 radical (unpaired) electrons. The average Bonchev–Trinajstić information content (AvgIpc) is 3.47. The van der Waals surface area contributed by atoms with Crippen molar-refractivity contribution >= 4 is 11.7 Å². The van der Waals surface area contributed by atoms with Crippen LogP contribution in [0.2, 0.25) is 0 Å². The van der Waals surface area contributed by atoms with E-state index in [9.17, 15) is 4.79 Å². The van der Waals surface area contributed by atoms with Crippen molar-refractivity contribution in [3.05, 3.63) is 54.0 Å². The van der Waals surface area contributed by atoms with Crippen LogP contribution in [0.1, 0.15) is 55.2 Å². The van der Waals surface area contributed by atoms with Crippen molar-refractivity contribution in [1.82, 2.24) is 19.6 Å². The number of nitrogens with one attached hydrogen (secondary N) is 1. The van der Waals surface area contributed by atoms with Gasteiger partial charge in [0.25, 0.3) is 0 Å². The molecule has 1 aliphatic carbocycles. The molecule has 7 nitrogen and oxygen atoms in total. The second-order valence-electron chi connectivity index (χ2n) is 7.51. The Hall–Kier alpha value is -3.09. The van der Waals surface area contributed by atoms with E-state index in [1.54, 1.807) is 13.3 Å². The molecule has 1 fully saturated rings. The highest BCUT2D eigenvalue weighted by molar-refractivity contribution is 5.94. The molecule has 2 aromatic heterocycles. The fourth-order valence-electron chi connectivity index (χ4n) is 4.50. The van der Waals surface area contributed by atoms with Gasteiger partial charge in [-0.3, -0.25) is 4.79 Å². The summed E-state index contributed by atoms with van der Waals surface area (Å²) in [6.07, 6.45) is 10.6. The van der Waals surface area contributed by atoms with Gasteiger partial charge in [-0.2, -0.15) is 10.2 Å². The monoisotopic (exact) mass is 377 g/mol. The lowest BCUT2D eigenvalue weighted by Gasteiger charge is -2.27. The predicted molar refractivity (Wildman–Crippen MR) is 105 cm³/mol. The molecule has 3 aromatic rings. The van der Waals surface area contributed by atoms with Gasteiger partial charge in [0.15, 0.2) is 0 Å². The first-order valence-electron chi connectivity index (χ1n) is 9.80. The number of nitrogens with zero attached hydrogens (tertiary/aromatic N) is 4. The summed E-state index contributed by atoms with van der Waals surface area (Å²) >= 11 is 0. The SMILES string of the molecule is COc1ccc(-n2cccn2)c(C2CC(=O)Nc3c2cnn3C2CCCC2)c1. The molecule has 1 unspecified atom stereocenters. The van der Waals surface area contributed by atoms with Crippen molar-refractivity contribution in [1.29, 1.82) is 0 Å². The standard InChI is InChI=1S/C21H23N5O2/c1-28-15-7-8-19(25-10-4-9-22-25)17(11-15)16-12-20(27)24-21-18(16)13-23-26(21)14-5-2-3-6-14/h4,7-11,13-14,16H,2-3,5-6,12H2,1H3,(H,24,27). The van der Waals surface area contributed by atoms with Gasteiger partial charge in [0, 0.05) is 30.3 Å². The van der Waals surface area contributed by atoms with Crippen LogP contribution >= 0.6 is 0 Å². The van der Waals surface area contributed by atoms with Gasteiger partial charge in [-0.1, -0.05) is 12.8 Å². The Morgan fingerprint density at radius 2 is 2.04 bits per heavy atom. The van der Waals surface area contributed by atoms with E-state index in [1.165, 1.54) is 12.8 Å². The van der Waals surface area contributed by atoms with E-state index >= 15 is 0 Å². The van der Waals surface area contributed by atoms with Crippen LogP contribution in [0.3, 0.4) is 0 Å². The fourth-order valence-corrected chi connectivity index (χ4v) is 4.50. The van der Waals surface area contributed by atoms with Gasteiger partial charge >= 0.3 is 0 Å². The number of aromatic nitrogens is 4. The second-order valence-corrected chi connectivity index (χ2v) is 7.51. The Morgan fingerprint density at radius 1 is 1.18 bits per heavy atom. The zero-order chi connectivity index (χ0) is 19.1. The largest absolute Gasteiger partial charge is 0.497 e. The quantitative estimate of drug-likeness (QED) is 0.753. The van der Waals surface area contributed by atoms with Crippen molar-refractivity contribution in [3.63, 3.8) is 0 Å². The van der Waals surface area contributed by atoms with Gasteiger partial charge in [0.1, 0.15) is 11.6 Å². The van der Waals surface area contributed by atoms with Crippen molar-refractivity contribution in [3.8, 4) is 11.4 Å². The van der Waals surface area contributed by atoms with Crippen molar-refractivity contribution in [2.75, 3.05) is 12.4 Å². The minimum Gasteiger partial charge on any atom is -0.497 e. The highest BCUT2D eigenvalue weighted by atomic mass is 16.5. The highest BCUT2D eigenvalue weighted by Gasteiger charge is 2.34. The number of rotatable bonds is 4. The molecule has 3 heterocycles. The lowest BCUT2D eigenvalue weighted by atomic mass is 9.86. The lowest BCUT2D eigenvalue weighted by Crippen LogP contribution is -2.26. The molecule has 144 valence electrons. The summed E-state index contributed by atoms with van der Waals surface area (Å²) in [5.74, 6) is 1.55. The van der Waals surface area contributed by atoms with E-state index < -0.39 is 0 Å². The Morgan fingerprint density at radius 3 is 2.79 bits per heavy atom. The molecule has 0 saturated heterocycles. The number of carbonyl (C=O) groups excluding carboxylic acids is 1. The minimum atomic E-state index is -0.0896. The van der Waals surface area contributed by atoms with Crippen LogP contribution in [0.5, 0.6) is 5.75 Å². The number of hydrogen-bond donors (Lipinski definition) is 1. The van der Waals surface area contributed by atoms with Crippen molar-refractivity contribution in [2.45, 2.75) is 44.1 Å². The van der Waals surface area contributed by atoms with Crippen LogP contribution in [0, 0.1) is 0 Å². The molecule has 0 spiro atoms. The molecule has 1 saturated carbocycles. The fraction of sp³-hybridized carbons (Fsp3) is 0.381. The van der Waals surface area contributed by atoms with E-state index in [-0.39, 0.29) is 11.8 Å². The van der Waals surface area contributed by atoms with E-state index in [4.69, 9.17) is 4.74 Å². The Labute approximate surface area is 163 Å². The highest BCUT2D eigenvalue weighted by Crippen LogP contribution is 2.42. The number of carbonyl (C=O) groups is 1. The molecule has 7 heteroatoms. The number of fused-ring (bicyclic) bond motifs is 1. The van der Waals surface area contributed by atoms with Gasteiger partial charge < -0.3 is 10.1 Å². The maximum absolute atomic E-state index is 12.6. The van der Waals surface area contributed by atoms with Gasteiger partial charge in [-0.15, -0.1) is 0 Å². The van der Waals surface area contributed by atoms with Gasteiger partial charge in [0.05, 0.1) is 25.0 Å². The van der Waals surface area contributed by atoms with Gasteiger partial charge in [-0.25, -0.2) is 9.36 Å². The first-order valence-corrected chi connectivity index (χ1v) is 9.80. The zero-order valence-electron chi connectivity index (χ0n) is 15.8. The minimum absolute atomic E-state index is 0.0199. The molecule has 2 aliphatic rings. The van der Waals surface area contributed by atoms with Crippen molar-refractivity contribution in [2.24, 2.45) is 0 Å². The third-order valence-corrected chi connectivity index (χ3v) is 5.88. The Balaban J connectivity index is 1.64. The number of benzene rings is 1. The summed E-state index contributed by atoms with van der Waals surface area (Å²) in [6, 6.07) is 8.20. The second kappa shape index (κ2) is 6.82. The summed E-state index contributed by atoms with van der Waals surface area (Å²) in [5, 5.41) is 12.1. The van der Waals surface area contributed by atoms with Crippen LogP contribution < -0.4 is 10.1 Å². The van der Waals surface area contributed by atoms with Gasteiger partial charge in [0.2, 0.25) is 5.91 Å². The maximum Gasteiger partial charge on any atom is 0.226 e. The van der Waals surface area contributed by atoms with Crippen LogP contribution in [0.15, 0.2) is 42.9 Å². The molecule has 1 N–H and O–H groups in total. The topological polar surface area (TPSA) is 74.0 Å². The van der Waals surface area contributed by atoms with Crippen LogP contribution in [-0.2, 0) is 4.79 Å². The van der Waals surface area contributed by atoms with Crippen molar-refractivity contribution < 1.29 is 9.53 Å². The van der Waals surface area contributed by atoms with E-state index in [0.717, 1.165) is 41.2 Å². The summed E-state index contributed by atoms with van der Waals surface area (Å²) in [4.78, 5) is 12.6. The molecule has 1 atom stereocenters. The van der Waals surface area contributed by atoms with Crippen LogP contribution in [-0.4, -0.2) is 32.6 Å². The van der Waals surface area contributed by atoms with Crippen LogP contribution in [0.25, 0.3) is 5.69 Å². The third kappa shape index (κ3) is 2.78. The molecule has 1 aliphatic heterocycles. The Kier molecular flexibility index (Phi) is 4.15. The number of ether oxygens (including phenoxy) is 1. The maximum atomic E-state index is 12.6. The third-order valence-electron chi connectivity index (χ3n) is 5.88. The summed E-state index contributed by atoms with van der Waals surface area (Å²) < 4.78 is 9.33. The zero-order valence-corrected chi connectivity index (χ0v) is 15.8. The molecule has 0 bridgehead atoms. The Bertz CT molecular complexity index is 1000. The normalized spacial score (nSPS) is 19.5. The first kappa shape index (κ1) is 17.0. The van der Waals surface area contributed by atoms with Crippen LogP contribution in [0.4, 0.5) is 5.82 Å². The summed E-state index contributed by atoms with van der Waals surface area (Å²) in [5.41, 5.74) is 3.03. The average molecular weight is 377 g/mol. The molecule has 5 rings (SSSR count). The molecule has 1 amide bonds. The summed E-state index contributed by atoms with van der Waals surface area (Å²) in [7, 11) is 1.66. The van der Waals surface area contributed by atoms with Gasteiger partial charge in [-0.05, 0) is 42.7 Å².